The number of nitrogens with one attached hydrogen (secondary N) is 3. The fourth-order valence-corrected chi connectivity index (χ4v) is 2.52. The Bertz CT molecular complexity index is 611. The number of ether oxygens (including phenoxy) is 2. The Morgan fingerprint density at radius 1 is 1.22 bits per heavy atom. The summed E-state index contributed by atoms with van der Waals surface area (Å²) in [5.41, 5.74) is 0.528. The highest BCUT2D eigenvalue weighted by molar-refractivity contribution is 5.79. The summed E-state index contributed by atoms with van der Waals surface area (Å²) >= 11 is 0. The molecule has 0 aliphatic carbocycles. The molecule has 0 aliphatic rings. The summed E-state index contributed by atoms with van der Waals surface area (Å²) in [7, 11) is 3.37. The number of hydrogen-bond acceptors (Lipinski definition) is 4. The first-order chi connectivity index (χ1) is 12.8. The van der Waals surface area contributed by atoms with Gasteiger partial charge < -0.3 is 25.4 Å². The zero-order chi connectivity index (χ0) is 20.3. The number of hydrogen-bond donors (Lipinski definition) is 3. The fraction of sp³-hybridized carbons (Fsp3) is 0.600. The van der Waals surface area contributed by atoms with Crippen LogP contribution < -0.4 is 20.7 Å². The molecule has 0 aliphatic heterocycles. The Hall–Kier alpha value is -2.44. The second kappa shape index (κ2) is 11.3. The van der Waals surface area contributed by atoms with Gasteiger partial charge in [0, 0.05) is 31.7 Å². The fourth-order valence-electron chi connectivity index (χ4n) is 2.52. The van der Waals surface area contributed by atoms with Crippen molar-refractivity contribution in [2.45, 2.75) is 58.7 Å². The number of guanidine groups is 1. The summed E-state index contributed by atoms with van der Waals surface area (Å²) in [6.07, 6.45) is 1.39. The second-order valence-corrected chi connectivity index (χ2v) is 7.25. The van der Waals surface area contributed by atoms with Crippen molar-refractivity contribution in [2.75, 3.05) is 20.7 Å². The smallest absolute Gasteiger partial charge is 0.407 e. The molecular formula is C20H34N4O3. The molecule has 0 radical (unpaired) electrons. The molecule has 1 atom stereocenters. The minimum absolute atomic E-state index is 0.0466. The van der Waals surface area contributed by atoms with E-state index in [2.05, 4.69) is 27.9 Å². The van der Waals surface area contributed by atoms with Gasteiger partial charge in [0.25, 0.3) is 0 Å². The van der Waals surface area contributed by atoms with Crippen LogP contribution in [0.4, 0.5) is 4.79 Å². The standard InChI is InChI=1S/C20H34N4O3/c1-7-10-16(24-19(25)27-20(2,3)4)14-23-18(21-5)22-13-15-11-8-9-12-17(15)26-6/h8-9,11-12,16H,7,10,13-14H2,1-6H3,(H,24,25)(H2,21,22,23). The first-order valence-corrected chi connectivity index (χ1v) is 9.35. The molecule has 0 bridgehead atoms. The van der Waals surface area contributed by atoms with E-state index < -0.39 is 11.7 Å². The van der Waals surface area contributed by atoms with Gasteiger partial charge in [-0.1, -0.05) is 31.5 Å². The molecule has 0 fully saturated rings. The molecule has 0 heterocycles. The van der Waals surface area contributed by atoms with Gasteiger partial charge in [-0.25, -0.2) is 4.79 Å². The van der Waals surface area contributed by atoms with Crippen LogP contribution in [0.2, 0.25) is 0 Å². The predicted octanol–water partition coefficient (Wildman–Crippen LogP) is 3.05. The molecule has 0 aromatic heterocycles. The molecule has 1 aromatic rings. The van der Waals surface area contributed by atoms with Gasteiger partial charge in [-0.3, -0.25) is 4.99 Å². The molecule has 27 heavy (non-hydrogen) atoms. The summed E-state index contributed by atoms with van der Waals surface area (Å²) in [5.74, 6) is 1.49. The average molecular weight is 379 g/mol. The lowest BCUT2D eigenvalue weighted by Gasteiger charge is -2.24. The minimum Gasteiger partial charge on any atom is -0.496 e. The number of carbonyl (C=O) groups is 1. The summed E-state index contributed by atoms with van der Waals surface area (Å²) in [4.78, 5) is 16.3. The number of nitrogens with zero attached hydrogens (tertiary/aromatic N) is 1. The van der Waals surface area contributed by atoms with Crippen LogP contribution in [0.1, 0.15) is 46.1 Å². The van der Waals surface area contributed by atoms with Gasteiger partial charge in [0.2, 0.25) is 0 Å². The van der Waals surface area contributed by atoms with Crippen LogP contribution >= 0.6 is 0 Å². The van der Waals surface area contributed by atoms with Crippen LogP contribution in [0.15, 0.2) is 29.3 Å². The summed E-state index contributed by atoms with van der Waals surface area (Å²) in [6, 6.07) is 7.79. The average Bonchev–Trinajstić information content (AvgIpc) is 2.60. The molecule has 7 nitrogen and oxygen atoms in total. The van der Waals surface area contributed by atoms with Gasteiger partial charge in [0.1, 0.15) is 11.4 Å². The Morgan fingerprint density at radius 3 is 2.52 bits per heavy atom. The zero-order valence-corrected chi connectivity index (χ0v) is 17.4. The number of para-hydroxylation sites is 1. The Morgan fingerprint density at radius 2 is 1.93 bits per heavy atom. The third-order valence-corrected chi connectivity index (χ3v) is 3.74. The van der Waals surface area contributed by atoms with E-state index in [1.807, 2.05) is 45.0 Å². The maximum atomic E-state index is 12.0. The van der Waals surface area contributed by atoms with Crippen molar-refractivity contribution in [1.82, 2.24) is 16.0 Å². The van der Waals surface area contributed by atoms with E-state index in [0.29, 0.717) is 19.0 Å². The van der Waals surface area contributed by atoms with Gasteiger partial charge in [0.15, 0.2) is 5.96 Å². The molecule has 3 N–H and O–H groups in total. The molecule has 1 rings (SSSR count). The number of rotatable bonds is 8. The van der Waals surface area contributed by atoms with Crippen molar-refractivity contribution < 1.29 is 14.3 Å². The third-order valence-electron chi connectivity index (χ3n) is 3.74. The van der Waals surface area contributed by atoms with Gasteiger partial charge in [0.05, 0.1) is 7.11 Å². The van der Waals surface area contributed by atoms with Crippen molar-refractivity contribution in [3.8, 4) is 5.75 Å². The lowest BCUT2D eigenvalue weighted by atomic mass is 10.1. The topological polar surface area (TPSA) is 84.0 Å². The number of carbonyl (C=O) groups excluding carboxylic acids is 1. The lowest BCUT2D eigenvalue weighted by molar-refractivity contribution is 0.0502. The summed E-state index contributed by atoms with van der Waals surface area (Å²) in [6.45, 7) is 8.77. The minimum atomic E-state index is -0.513. The molecule has 0 saturated heterocycles. The number of aliphatic imine (C=N–C) groups is 1. The zero-order valence-electron chi connectivity index (χ0n) is 17.4. The van der Waals surface area contributed by atoms with Gasteiger partial charge in [-0.05, 0) is 33.3 Å². The van der Waals surface area contributed by atoms with Crippen molar-refractivity contribution in [1.29, 1.82) is 0 Å². The van der Waals surface area contributed by atoms with Crippen molar-refractivity contribution in [3.63, 3.8) is 0 Å². The second-order valence-electron chi connectivity index (χ2n) is 7.25. The van der Waals surface area contributed by atoms with Crippen molar-refractivity contribution in [3.05, 3.63) is 29.8 Å². The first-order valence-electron chi connectivity index (χ1n) is 9.35. The van der Waals surface area contributed by atoms with Gasteiger partial charge in [-0.15, -0.1) is 0 Å². The number of methoxy groups -OCH3 is 1. The molecule has 7 heteroatoms. The lowest BCUT2D eigenvalue weighted by Crippen LogP contribution is -2.48. The van der Waals surface area contributed by atoms with Crippen LogP contribution in [-0.2, 0) is 11.3 Å². The van der Waals surface area contributed by atoms with E-state index in [1.165, 1.54) is 0 Å². The van der Waals surface area contributed by atoms with Crippen LogP contribution in [0.25, 0.3) is 0 Å². The normalized spacial score (nSPS) is 12.9. The summed E-state index contributed by atoms with van der Waals surface area (Å²) < 4.78 is 10.7. The van der Waals surface area contributed by atoms with E-state index >= 15 is 0 Å². The molecule has 1 aromatic carbocycles. The SMILES string of the molecule is CCCC(CNC(=NC)NCc1ccccc1OC)NC(=O)OC(C)(C)C. The van der Waals surface area contributed by atoms with E-state index in [4.69, 9.17) is 9.47 Å². The van der Waals surface area contributed by atoms with Crippen LogP contribution in [0, 0.1) is 0 Å². The molecule has 152 valence electrons. The maximum absolute atomic E-state index is 12.0. The molecule has 0 spiro atoms. The predicted molar refractivity (Wildman–Crippen MR) is 109 cm³/mol. The van der Waals surface area contributed by atoms with Crippen molar-refractivity contribution >= 4 is 12.1 Å². The highest BCUT2D eigenvalue weighted by Crippen LogP contribution is 2.16. The Labute approximate surface area is 162 Å². The molecule has 1 amide bonds. The largest absolute Gasteiger partial charge is 0.496 e. The van der Waals surface area contributed by atoms with Crippen LogP contribution in [0.5, 0.6) is 5.75 Å². The molecule has 0 saturated carbocycles. The maximum Gasteiger partial charge on any atom is 0.407 e. The summed E-state index contributed by atoms with van der Waals surface area (Å²) in [5, 5.41) is 9.44. The van der Waals surface area contributed by atoms with E-state index in [9.17, 15) is 4.79 Å². The van der Waals surface area contributed by atoms with Crippen molar-refractivity contribution in [2.24, 2.45) is 4.99 Å². The Balaban J connectivity index is 2.55. The highest BCUT2D eigenvalue weighted by Gasteiger charge is 2.19. The number of benzene rings is 1. The molecule has 1 unspecified atom stereocenters. The quantitative estimate of drug-likeness (QED) is 0.478. The number of amides is 1. The van der Waals surface area contributed by atoms with Gasteiger partial charge >= 0.3 is 6.09 Å². The Kier molecular flexibility index (Phi) is 9.47. The van der Waals surface area contributed by atoms with E-state index in [1.54, 1.807) is 14.2 Å². The van der Waals surface area contributed by atoms with E-state index in [0.717, 1.165) is 24.2 Å². The van der Waals surface area contributed by atoms with Gasteiger partial charge in [-0.2, -0.15) is 0 Å². The monoisotopic (exact) mass is 378 g/mol. The number of alkyl carbamates (subject to hydrolysis) is 1. The highest BCUT2D eigenvalue weighted by atomic mass is 16.6. The molecular weight excluding hydrogens is 344 g/mol. The first kappa shape index (κ1) is 22.6. The van der Waals surface area contributed by atoms with Crippen LogP contribution in [0.3, 0.4) is 0 Å². The van der Waals surface area contributed by atoms with Crippen LogP contribution in [-0.4, -0.2) is 44.4 Å². The third kappa shape index (κ3) is 9.17. The van der Waals surface area contributed by atoms with E-state index in [-0.39, 0.29) is 6.04 Å².